The molecule has 0 spiro atoms. The van der Waals surface area contributed by atoms with Gasteiger partial charge >= 0.3 is 0 Å². The molecule has 0 saturated carbocycles. The number of hydrogen-bond donors (Lipinski definition) is 1. The normalized spacial score (nSPS) is 21.2. The van der Waals surface area contributed by atoms with Crippen LogP contribution >= 0.6 is 0 Å². The third-order valence-corrected chi connectivity index (χ3v) is 5.34. The van der Waals surface area contributed by atoms with E-state index in [1.807, 2.05) is 30.5 Å². The molecule has 146 valence electrons. The van der Waals surface area contributed by atoms with E-state index in [0.29, 0.717) is 18.2 Å². The van der Waals surface area contributed by atoms with Crippen molar-refractivity contribution < 1.29 is 4.74 Å². The zero-order chi connectivity index (χ0) is 20.4. The van der Waals surface area contributed by atoms with Crippen molar-refractivity contribution in [1.29, 1.82) is 5.26 Å². The van der Waals surface area contributed by atoms with Crippen molar-refractivity contribution in [3.05, 3.63) is 88.5 Å². The second kappa shape index (κ2) is 7.90. The number of pyridine rings is 2. The molecule has 29 heavy (non-hydrogen) atoms. The van der Waals surface area contributed by atoms with Crippen molar-refractivity contribution in [2.75, 3.05) is 13.1 Å². The maximum Gasteiger partial charge on any atom is 0.205 e. The first-order valence-electron chi connectivity index (χ1n) is 9.64. The van der Waals surface area contributed by atoms with Gasteiger partial charge in [-0.25, -0.2) is 0 Å². The molecule has 0 bridgehead atoms. The predicted octanol–water partition coefficient (Wildman–Crippen LogP) is 3.35. The molecule has 2 aliphatic rings. The van der Waals surface area contributed by atoms with E-state index in [9.17, 15) is 5.26 Å². The molecule has 1 atom stereocenters. The lowest BCUT2D eigenvalue weighted by Crippen LogP contribution is -2.41. The van der Waals surface area contributed by atoms with E-state index in [1.165, 1.54) is 0 Å². The molecule has 2 aliphatic heterocycles. The number of hydrogen-bond acceptors (Lipinski definition) is 6. The zero-order valence-corrected chi connectivity index (χ0v) is 16.5. The van der Waals surface area contributed by atoms with Gasteiger partial charge in [-0.1, -0.05) is 12.1 Å². The Morgan fingerprint density at radius 3 is 2.59 bits per heavy atom. The lowest BCUT2D eigenvalue weighted by molar-refractivity contribution is 0.208. The Kier molecular flexibility index (Phi) is 5.15. The molecular weight excluding hydrogens is 362 g/mol. The zero-order valence-electron chi connectivity index (χ0n) is 16.5. The lowest BCUT2D eigenvalue weighted by Gasteiger charge is -2.39. The number of nitrogens with zero attached hydrogens (tertiary/aromatic N) is 4. The van der Waals surface area contributed by atoms with Gasteiger partial charge in [-0.3, -0.25) is 14.9 Å². The summed E-state index contributed by atoms with van der Waals surface area (Å²) < 4.78 is 6.04. The average Bonchev–Trinajstić information content (AvgIpc) is 2.74. The Morgan fingerprint density at radius 2 is 1.97 bits per heavy atom. The Morgan fingerprint density at radius 1 is 1.21 bits per heavy atom. The van der Waals surface area contributed by atoms with Crippen LogP contribution in [0.15, 0.2) is 77.4 Å². The van der Waals surface area contributed by atoms with Crippen LogP contribution in [0.3, 0.4) is 0 Å². The van der Waals surface area contributed by atoms with Crippen LogP contribution in [0, 0.1) is 11.3 Å². The topological polar surface area (TPSA) is 88.1 Å². The van der Waals surface area contributed by atoms with Crippen molar-refractivity contribution in [1.82, 2.24) is 14.9 Å². The smallest absolute Gasteiger partial charge is 0.205 e. The summed E-state index contributed by atoms with van der Waals surface area (Å²) in [4.78, 5) is 10.8. The number of rotatable bonds is 3. The summed E-state index contributed by atoms with van der Waals surface area (Å²) in [7, 11) is 0. The van der Waals surface area contributed by atoms with E-state index in [2.05, 4.69) is 40.9 Å². The molecule has 0 unspecified atom stereocenters. The van der Waals surface area contributed by atoms with Gasteiger partial charge in [0.25, 0.3) is 0 Å². The van der Waals surface area contributed by atoms with Crippen LogP contribution in [0.2, 0.25) is 0 Å². The highest BCUT2D eigenvalue weighted by Crippen LogP contribution is 2.43. The molecule has 2 aromatic rings. The van der Waals surface area contributed by atoms with Gasteiger partial charge in [0.05, 0.1) is 5.92 Å². The van der Waals surface area contributed by atoms with Gasteiger partial charge in [-0.15, -0.1) is 0 Å². The summed E-state index contributed by atoms with van der Waals surface area (Å²) in [6.07, 6.45) is 9.19. The minimum atomic E-state index is -0.267. The Balaban J connectivity index is 1.89. The predicted molar refractivity (Wildman–Crippen MR) is 111 cm³/mol. The Labute approximate surface area is 170 Å². The largest absolute Gasteiger partial charge is 0.440 e. The quantitative estimate of drug-likeness (QED) is 0.872. The van der Waals surface area contributed by atoms with Gasteiger partial charge in [0.2, 0.25) is 5.88 Å². The molecule has 0 radical (unpaired) electrons. The fourth-order valence-corrected chi connectivity index (χ4v) is 3.85. The first kappa shape index (κ1) is 18.9. The van der Waals surface area contributed by atoms with Crippen LogP contribution in [0.4, 0.5) is 0 Å². The van der Waals surface area contributed by atoms with Crippen molar-refractivity contribution in [3.63, 3.8) is 0 Å². The number of nitriles is 1. The van der Waals surface area contributed by atoms with Crippen LogP contribution in [0.5, 0.6) is 0 Å². The molecule has 2 aromatic heterocycles. The fourth-order valence-electron chi connectivity index (χ4n) is 3.85. The second-order valence-corrected chi connectivity index (χ2v) is 7.52. The van der Waals surface area contributed by atoms with Crippen LogP contribution in [0.1, 0.15) is 30.9 Å². The van der Waals surface area contributed by atoms with Crippen LogP contribution in [-0.2, 0) is 4.74 Å². The van der Waals surface area contributed by atoms with Gasteiger partial charge in [-0.2, -0.15) is 5.26 Å². The fraction of sp³-hybridized carbons (Fsp3) is 0.261. The molecule has 0 saturated heterocycles. The number of aromatic nitrogens is 2. The maximum absolute atomic E-state index is 9.81. The van der Waals surface area contributed by atoms with Crippen molar-refractivity contribution in [2.24, 2.45) is 5.73 Å². The lowest BCUT2D eigenvalue weighted by atomic mass is 9.80. The Hall–Kier alpha value is -3.43. The highest BCUT2D eigenvalue weighted by molar-refractivity contribution is 5.62. The standard InChI is InChI=1S/C23H23N5O/c1-15(2)28-13-18(9-16-5-3-7-26-11-16)22-20(14-28)21(17-6-4-8-27-12-17)19(10-24)23(25)29-22/h3-9,11-12,15,21H,13-14,25H2,1-2H3/b18-9+/t21-/m0/s1. The molecule has 0 aromatic carbocycles. The molecule has 6 heteroatoms. The second-order valence-electron chi connectivity index (χ2n) is 7.52. The summed E-state index contributed by atoms with van der Waals surface area (Å²) in [5, 5.41) is 9.81. The first-order chi connectivity index (χ1) is 14.1. The van der Waals surface area contributed by atoms with Crippen LogP contribution in [0.25, 0.3) is 6.08 Å². The summed E-state index contributed by atoms with van der Waals surface area (Å²) in [6, 6.07) is 10.4. The molecular formula is C23H23N5O. The molecule has 0 fully saturated rings. The third-order valence-electron chi connectivity index (χ3n) is 5.34. The summed E-state index contributed by atoms with van der Waals surface area (Å²) in [6.45, 7) is 5.78. The maximum atomic E-state index is 9.81. The minimum Gasteiger partial charge on any atom is -0.440 e. The van der Waals surface area contributed by atoms with Crippen LogP contribution in [-0.4, -0.2) is 34.0 Å². The summed E-state index contributed by atoms with van der Waals surface area (Å²) >= 11 is 0. The van der Waals surface area contributed by atoms with Crippen molar-refractivity contribution in [3.8, 4) is 6.07 Å². The molecule has 0 amide bonds. The van der Waals surface area contributed by atoms with Gasteiger partial charge in [0, 0.05) is 49.5 Å². The van der Waals surface area contributed by atoms with Crippen molar-refractivity contribution >= 4 is 6.08 Å². The molecule has 0 aliphatic carbocycles. The first-order valence-corrected chi connectivity index (χ1v) is 9.64. The SMILES string of the molecule is CC(C)N1CC2=C(OC(N)=C(C#N)[C@@H]2c2cccnc2)/C(=C/c2cccnc2)C1. The number of ether oxygens (including phenoxy) is 1. The van der Waals surface area contributed by atoms with E-state index in [4.69, 9.17) is 10.5 Å². The third kappa shape index (κ3) is 3.65. The van der Waals surface area contributed by atoms with Crippen molar-refractivity contribution in [2.45, 2.75) is 25.8 Å². The minimum absolute atomic E-state index is 0.162. The Bertz CT molecular complexity index is 1030. The molecule has 6 nitrogen and oxygen atoms in total. The van der Waals surface area contributed by atoms with Gasteiger partial charge in [0.1, 0.15) is 17.4 Å². The van der Waals surface area contributed by atoms with Gasteiger partial charge in [0.15, 0.2) is 0 Å². The van der Waals surface area contributed by atoms with E-state index in [-0.39, 0.29) is 11.8 Å². The monoisotopic (exact) mass is 385 g/mol. The van der Waals surface area contributed by atoms with Gasteiger partial charge in [-0.05, 0) is 48.8 Å². The highest BCUT2D eigenvalue weighted by Gasteiger charge is 2.38. The summed E-state index contributed by atoms with van der Waals surface area (Å²) in [5.41, 5.74) is 10.6. The van der Waals surface area contributed by atoms with E-state index < -0.39 is 0 Å². The van der Waals surface area contributed by atoms with Gasteiger partial charge < -0.3 is 10.5 Å². The highest BCUT2D eigenvalue weighted by atomic mass is 16.5. The van der Waals surface area contributed by atoms with E-state index in [0.717, 1.165) is 34.6 Å². The summed E-state index contributed by atoms with van der Waals surface area (Å²) in [5.74, 6) is 0.655. The average molecular weight is 385 g/mol. The van der Waals surface area contributed by atoms with E-state index >= 15 is 0 Å². The van der Waals surface area contributed by atoms with Crippen LogP contribution < -0.4 is 5.73 Å². The number of allylic oxidation sites excluding steroid dienone is 1. The van der Waals surface area contributed by atoms with E-state index in [1.54, 1.807) is 18.6 Å². The molecule has 4 heterocycles. The molecule has 2 N–H and O–H groups in total. The molecule has 4 rings (SSSR count). The number of nitrogens with two attached hydrogens (primary N) is 1.